The average molecular weight is 1020 g/mol. The minimum Gasteiger partial charge on any atom is -0.520 e. The van der Waals surface area contributed by atoms with Crippen LogP contribution in [0, 0.1) is 0 Å². The molecule has 0 aromatic carbocycles. The van der Waals surface area contributed by atoms with Gasteiger partial charge in [-0.25, -0.2) is 0 Å². The molecule has 0 bridgehead atoms. The molecule has 0 saturated carbocycles. The molecule has 0 aromatic heterocycles. The predicted molar refractivity (Wildman–Crippen MR) is 280 cm³/mol. The lowest BCUT2D eigenvalue weighted by atomic mass is 10.3. The minimum atomic E-state index is -2.31. The normalized spacial score (nSPS) is 12.6. The average Bonchev–Trinajstić information content (AvgIpc) is 3.02. The second-order valence-corrected chi connectivity index (χ2v) is 50.1. The van der Waals surface area contributed by atoms with Crippen molar-refractivity contribution in [1.82, 2.24) is 0 Å². The summed E-state index contributed by atoms with van der Waals surface area (Å²) in [5.41, 5.74) is 4.46. The Bertz CT molecular complexity index is 1430. The molecule has 0 atom stereocenters. The molecular weight excluding hydrogens is 929 g/mol. The van der Waals surface area contributed by atoms with Crippen molar-refractivity contribution in [3.05, 3.63) is 69.1 Å². The monoisotopic (exact) mass is 1020 g/mol. The summed E-state index contributed by atoms with van der Waals surface area (Å²) in [4.78, 5) is 0. The summed E-state index contributed by atoms with van der Waals surface area (Å²) in [6.07, 6.45) is 0. The van der Waals surface area contributed by atoms with Gasteiger partial charge in [-0.3, -0.25) is 0 Å². The summed E-state index contributed by atoms with van der Waals surface area (Å²) < 4.78 is 88.3. The molecule has 0 aliphatic heterocycles. The van der Waals surface area contributed by atoms with E-state index in [1.807, 2.05) is 83.1 Å². The van der Waals surface area contributed by atoms with E-state index in [0.717, 1.165) is 33.4 Å². The summed E-state index contributed by atoms with van der Waals surface area (Å²) in [7, 11) is -13.8. The third kappa shape index (κ3) is 27.0. The lowest BCUT2D eigenvalue weighted by Gasteiger charge is -2.40. The Morgan fingerprint density at radius 3 is 0.462 bits per heavy atom. The van der Waals surface area contributed by atoms with E-state index in [0.29, 0.717) is 0 Å². The molecule has 65 heavy (non-hydrogen) atoms. The molecule has 0 spiro atoms. The first-order valence-corrected chi connectivity index (χ1v) is 43.1. The van der Waals surface area contributed by atoms with Gasteiger partial charge >= 0.3 is 11.9 Å². The van der Waals surface area contributed by atoms with E-state index in [9.17, 15) is 0 Å². The molecule has 0 fully saturated rings. The maximum absolute atomic E-state index is 6.95. The van der Waals surface area contributed by atoms with Crippen molar-refractivity contribution in [1.29, 1.82) is 0 Å². The van der Waals surface area contributed by atoms with Gasteiger partial charge in [0, 0.05) is 33.4 Å². The zero-order valence-corrected chi connectivity index (χ0v) is 52.7. The maximum atomic E-state index is 6.95. The molecule has 13 nitrogen and oxygen atoms in total. The molecule has 0 rings (SSSR count). The van der Waals surface area contributed by atoms with Crippen molar-refractivity contribution in [3.8, 4) is 0 Å². The zero-order valence-electron chi connectivity index (χ0n) is 46.7. The Labute approximate surface area is 403 Å². The minimum absolute atomic E-state index is 0.214. The second-order valence-electron chi connectivity index (χ2n) is 23.5. The van der Waals surface area contributed by atoms with Gasteiger partial charge in [-0.05, 0) is 201 Å². The smallest absolute Gasteiger partial charge is 0.448 e. The number of hydrogen-bond acceptors (Lipinski definition) is 13. The van der Waals surface area contributed by atoms with Crippen molar-refractivity contribution in [2.75, 3.05) is 13.2 Å². The van der Waals surface area contributed by atoms with Crippen molar-refractivity contribution in [2.24, 2.45) is 0 Å². The largest absolute Gasteiger partial charge is 0.520 e. The highest BCUT2D eigenvalue weighted by molar-refractivity contribution is 6.71. The molecular formula is C46H94O13Si6. The molecule has 0 heterocycles. The van der Waals surface area contributed by atoms with Crippen LogP contribution in [0.2, 0.25) is 118 Å². The van der Waals surface area contributed by atoms with E-state index in [1.54, 1.807) is 0 Å². The fourth-order valence-corrected chi connectivity index (χ4v) is 9.28. The molecule has 0 aliphatic rings. The zero-order chi connectivity index (χ0) is 51.5. The highest BCUT2D eigenvalue weighted by Gasteiger charge is 2.50. The van der Waals surface area contributed by atoms with Gasteiger partial charge < -0.3 is 59.7 Å². The van der Waals surface area contributed by atoms with E-state index in [-0.39, 0.29) is 35.7 Å². The van der Waals surface area contributed by atoms with Crippen LogP contribution in [-0.2, 0) is 59.7 Å². The third-order valence-electron chi connectivity index (χ3n) is 6.89. The molecule has 19 heteroatoms. The fraction of sp³-hybridized carbons (Fsp3) is 0.739. The SMILES string of the molecule is CC(C)=C(OC(COCC(OC(O[Si](C)(C)C)=C(C)C)(OC(O[Si](C)(C)C)=C(C)C)OC(O[Si](C)(C)C)=C(C)C)(OC(O[Si](C)(C)C)=C(C)C)OC(O[Si](C)(C)C)=C(C)C)O[Si](C)(C)C. The predicted octanol–water partition coefficient (Wildman–Crippen LogP) is 15.0. The van der Waals surface area contributed by atoms with E-state index in [4.69, 9.17) is 59.7 Å². The van der Waals surface area contributed by atoms with E-state index in [2.05, 4.69) is 118 Å². The van der Waals surface area contributed by atoms with Gasteiger partial charge in [-0.2, -0.15) is 0 Å². The van der Waals surface area contributed by atoms with Gasteiger partial charge in [0.25, 0.3) is 35.7 Å². The van der Waals surface area contributed by atoms with E-state index in [1.165, 1.54) is 0 Å². The van der Waals surface area contributed by atoms with Crippen LogP contribution in [0.1, 0.15) is 83.1 Å². The summed E-state index contributed by atoms with van der Waals surface area (Å²) in [5.74, 6) is -3.01. The van der Waals surface area contributed by atoms with Crippen LogP contribution in [0.4, 0.5) is 0 Å². The first kappa shape index (κ1) is 62.3. The van der Waals surface area contributed by atoms with Gasteiger partial charge in [-0.15, -0.1) is 0 Å². The second kappa shape index (κ2) is 24.0. The van der Waals surface area contributed by atoms with Gasteiger partial charge in [0.1, 0.15) is 0 Å². The van der Waals surface area contributed by atoms with Gasteiger partial charge in [0.2, 0.25) is 49.9 Å². The first-order chi connectivity index (χ1) is 28.8. The molecule has 0 aliphatic carbocycles. The lowest BCUT2D eigenvalue weighted by Crippen LogP contribution is -2.50. The Balaban J connectivity index is 8.83. The van der Waals surface area contributed by atoms with Gasteiger partial charge in [0.15, 0.2) is 13.2 Å². The Kier molecular flexibility index (Phi) is 23.0. The summed E-state index contributed by atoms with van der Waals surface area (Å²) in [6, 6.07) is 0. The first-order valence-electron chi connectivity index (χ1n) is 22.7. The van der Waals surface area contributed by atoms with Gasteiger partial charge in [-0.1, -0.05) is 0 Å². The number of allylic oxidation sites excluding steroid dienone is 6. The molecule has 0 N–H and O–H groups in total. The topological polar surface area (TPSA) is 120 Å². The van der Waals surface area contributed by atoms with Crippen molar-refractivity contribution < 1.29 is 59.7 Å². The highest BCUT2D eigenvalue weighted by atomic mass is 28.4. The standard InChI is InChI=1S/C46H94O13Si6/c1-33(2)39(54-60(13,14)15)48-45(49-40(34(3)4)55-61(16,17)18,50-41(35(5)6)56-62(19,20)21)31-47-32-46(51-42(36(7)8)57-63(22,23)24,52-43(37(9)10)58-64(25,26)27)53-44(38(11)12)59-65(28,29)30/h31-32H2,1-30H3. The number of rotatable bonds is 28. The molecule has 0 saturated heterocycles. The van der Waals surface area contributed by atoms with Crippen LogP contribution in [0.15, 0.2) is 69.1 Å². The van der Waals surface area contributed by atoms with Crippen LogP contribution in [0.5, 0.6) is 0 Å². The van der Waals surface area contributed by atoms with Crippen LogP contribution in [0.25, 0.3) is 0 Å². The van der Waals surface area contributed by atoms with Crippen molar-refractivity contribution in [2.45, 2.75) is 213 Å². The summed E-state index contributed by atoms with van der Waals surface area (Å²) >= 11 is 0. The van der Waals surface area contributed by atoms with Crippen LogP contribution in [-0.4, -0.2) is 75.1 Å². The molecule has 0 unspecified atom stereocenters. The Hall–Kier alpha value is -2.70. The molecule has 380 valence electrons. The number of ether oxygens (including phenoxy) is 7. The summed E-state index contributed by atoms with van der Waals surface area (Å²) in [6.45, 7) is 59.2. The Morgan fingerprint density at radius 2 is 0.369 bits per heavy atom. The fourth-order valence-electron chi connectivity index (χ4n) is 4.47. The maximum Gasteiger partial charge on any atom is 0.448 e. The van der Waals surface area contributed by atoms with Crippen molar-refractivity contribution in [3.63, 3.8) is 0 Å². The Morgan fingerprint density at radius 1 is 0.246 bits per heavy atom. The van der Waals surface area contributed by atoms with Crippen LogP contribution >= 0.6 is 0 Å². The molecule has 0 amide bonds. The van der Waals surface area contributed by atoms with Crippen LogP contribution < -0.4 is 0 Å². The summed E-state index contributed by atoms with van der Waals surface area (Å²) in [5, 5.41) is 0. The van der Waals surface area contributed by atoms with Crippen LogP contribution in [0.3, 0.4) is 0 Å². The van der Waals surface area contributed by atoms with Crippen molar-refractivity contribution >= 4 is 49.9 Å². The third-order valence-corrected chi connectivity index (χ3v) is 11.7. The van der Waals surface area contributed by atoms with E-state index >= 15 is 0 Å². The molecule has 0 radical (unpaired) electrons. The highest BCUT2D eigenvalue weighted by Crippen LogP contribution is 2.37. The van der Waals surface area contributed by atoms with E-state index < -0.39 is 75.1 Å². The quantitative estimate of drug-likeness (QED) is 0.0420. The molecule has 0 aromatic rings. The van der Waals surface area contributed by atoms with Gasteiger partial charge in [0.05, 0.1) is 0 Å². The number of hydrogen-bond donors (Lipinski definition) is 0. The lowest BCUT2D eigenvalue weighted by molar-refractivity contribution is -0.405.